The van der Waals surface area contributed by atoms with Crippen LogP contribution in [-0.2, 0) is 6.42 Å². The van der Waals surface area contributed by atoms with Crippen LogP contribution in [0.5, 0.6) is 11.5 Å². The van der Waals surface area contributed by atoms with Gasteiger partial charge in [-0.3, -0.25) is 0 Å². The quantitative estimate of drug-likeness (QED) is 0.418. The number of hydrogen-bond donors (Lipinski definition) is 0. The first-order valence-corrected chi connectivity index (χ1v) is 10.5. The Morgan fingerprint density at radius 1 is 0.793 bits per heavy atom. The summed E-state index contributed by atoms with van der Waals surface area (Å²) >= 11 is 0. The molecule has 0 saturated carbocycles. The molecule has 0 amide bonds. The van der Waals surface area contributed by atoms with Gasteiger partial charge in [0.1, 0.15) is 11.5 Å². The summed E-state index contributed by atoms with van der Waals surface area (Å²) in [6, 6.07) is 25.8. The Morgan fingerprint density at radius 2 is 1.55 bits per heavy atom. The summed E-state index contributed by atoms with van der Waals surface area (Å²) in [6.45, 7) is 2.95. The van der Waals surface area contributed by atoms with Crippen LogP contribution < -0.4 is 9.47 Å². The third-order valence-corrected chi connectivity index (χ3v) is 5.56. The Labute approximate surface area is 173 Å². The Balaban J connectivity index is 1.78. The second-order valence-corrected chi connectivity index (χ2v) is 7.47. The van der Waals surface area contributed by atoms with Gasteiger partial charge in [-0.2, -0.15) is 0 Å². The highest BCUT2D eigenvalue weighted by Crippen LogP contribution is 2.42. The number of hydrogen-bond acceptors (Lipinski definition) is 2. The van der Waals surface area contributed by atoms with E-state index in [1.54, 1.807) is 7.11 Å². The van der Waals surface area contributed by atoms with Gasteiger partial charge in [0.25, 0.3) is 0 Å². The predicted molar refractivity (Wildman–Crippen MR) is 121 cm³/mol. The van der Waals surface area contributed by atoms with E-state index in [1.807, 2.05) is 0 Å². The highest BCUT2D eigenvalue weighted by atomic mass is 16.5. The maximum atomic E-state index is 5.87. The molecular weight excluding hydrogens is 356 g/mol. The first-order valence-electron chi connectivity index (χ1n) is 10.5. The van der Waals surface area contributed by atoms with Gasteiger partial charge in [0.05, 0.1) is 13.7 Å². The molecule has 0 spiro atoms. The summed E-state index contributed by atoms with van der Waals surface area (Å²) in [5.41, 5.74) is 7.91. The molecule has 1 aliphatic carbocycles. The molecule has 0 atom stereocenters. The standard InChI is InChI=1S/C27H28O2/c1-3-4-18-29-23-13-10-21(11-14-23)27-25(20-8-6-5-7-9-20)16-12-22-19-24(28-2)15-17-26(22)27/h5-11,13-15,17,19H,3-4,12,16,18H2,1-2H3. The molecule has 29 heavy (non-hydrogen) atoms. The molecule has 2 nitrogen and oxygen atoms in total. The molecule has 1 aliphatic rings. The number of fused-ring (bicyclic) bond motifs is 1. The number of ether oxygens (including phenoxy) is 2. The van der Waals surface area contributed by atoms with Crippen LogP contribution in [0.15, 0.2) is 72.8 Å². The number of methoxy groups -OCH3 is 1. The maximum absolute atomic E-state index is 5.87. The monoisotopic (exact) mass is 384 g/mol. The molecule has 3 aromatic carbocycles. The molecule has 0 radical (unpaired) electrons. The van der Waals surface area contributed by atoms with E-state index in [9.17, 15) is 0 Å². The van der Waals surface area contributed by atoms with Crippen molar-refractivity contribution >= 4 is 11.1 Å². The second-order valence-electron chi connectivity index (χ2n) is 7.47. The van der Waals surface area contributed by atoms with Gasteiger partial charge in [0.15, 0.2) is 0 Å². The van der Waals surface area contributed by atoms with Gasteiger partial charge in [-0.15, -0.1) is 0 Å². The lowest BCUT2D eigenvalue weighted by molar-refractivity contribution is 0.309. The van der Waals surface area contributed by atoms with Crippen molar-refractivity contribution in [1.82, 2.24) is 0 Å². The van der Waals surface area contributed by atoms with Crippen LogP contribution in [0.25, 0.3) is 11.1 Å². The van der Waals surface area contributed by atoms with Crippen molar-refractivity contribution < 1.29 is 9.47 Å². The van der Waals surface area contributed by atoms with Crippen molar-refractivity contribution in [2.75, 3.05) is 13.7 Å². The summed E-state index contributed by atoms with van der Waals surface area (Å²) in [5, 5.41) is 0. The molecule has 3 aromatic rings. The molecule has 2 heteroatoms. The predicted octanol–water partition coefficient (Wildman–Crippen LogP) is 6.78. The normalized spacial score (nSPS) is 13.2. The number of benzene rings is 3. The van der Waals surface area contributed by atoms with E-state index < -0.39 is 0 Å². The zero-order valence-electron chi connectivity index (χ0n) is 17.3. The van der Waals surface area contributed by atoms with E-state index in [2.05, 4.69) is 79.7 Å². The summed E-state index contributed by atoms with van der Waals surface area (Å²) in [4.78, 5) is 0. The molecule has 0 fully saturated rings. The van der Waals surface area contributed by atoms with Gasteiger partial charge in [-0.05, 0) is 76.9 Å². The van der Waals surface area contributed by atoms with Crippen LogP contribution in [0, 0.1) is 0 Å². The van der Waals surface area contributed by atoms with Gasteiger partial charge in [-0.25, -0.2) is 0 Å². The lowest BCUT2D eigenvalue weighted by atomic mass is 9.79. The van der Waals surface area contributed by atoms with E-state index in [4.69, 9.17) is 9.47 Å². The average Bonchev–Trinajstić information content (AvgIpc) is 2.79. The van der Waals surface area contributed by atoms with Crippen molar-refractivity contribution in [3.05, 3.63) is 95.1 Å². The lowest BCUT2D eigenvalue weighted by Gasteiger charge is -2.25. The molecule has 148 valence electrons. The zero-order valence-corrected chi connectivity index (χ0v) is 17.3. The van der Waals surface area contributed by atoms with Crippen LogP contribution in [0.1, 0.15) is 48.4 Å². The minimum Gasteiger partial charge on any atom is -0.497 e. The van der Waals surface area contributed by atoms with Crippen molar-refractivity contribution in [2.45, 2.75) is 32.6 Å². The van der Waals surface area contributed by atoms with Gasteiger partial charge >= 0.3 is 0 Å². The summed E-state index contributed by atoms with van der Waals surface area (Å²) < 4.78 is 11.3. The molecule has 0 bridgehead atoms. The lowest BCUT2D eigenvalue weighted by Crippen LogP contribution is -2.06. The summed E-state index contributed by atoms with van der Waals surface area (Å²) in [5.74, 6) is 1.86. The fourth-order valence-electron chi connectivity index (χ4n) is 4.00. The Morgan fingerprint density at radius 3 is 2.28 bits per heavy atom. The fraction of sp³-hybridized carbons (Fsp3) is 0.259. The number of unbranched alkanes of at least 4 members (excludes halogenated alkanes) is 1. The van der Waals surface area contributed by atoms with Crippen LogP contribution >= 0.6 is 0 Å². The van der Waals surface area contributed by atoms with E-state index in [0.29, 0.717) is 0 Å². The number of allylic oxidation sites excluding steroid dienone is 1. The molecule has 0 heterocycles. The van der Waals surface area contributed by atoms with Crippen molar-refractivity contribution in [1.29, 1.82) is 0 Å². The molecule has 0 saturated heterocycles. The topological polar surface area (TPSA) is 18.5 Å². The fourth-order valence-corrected chi connectivity index (χ4v) is 4.00. The first kappa shape index (κ1) is 19.3. The highest BCUT2D eigenvalue weighted by Gasteiger charge is 2.22. The Hall–Kier alpha value is -3.00. The molecule has 0 unspecified atom stereocenters. The van der Waals surface area contributed by atoms with E-state index in [1.165, 1.54) is 33.4 Å². The van der Waals surface area contributed by atoms with Gasteiger partial charge in [0, 0.05) is 0 Å². The maximum Gasteiger partial charge on any atom is 0.119 e. The van der Waals surface area contributed by atoms with Crippen LogP contribution in [0.2, 0.25) is 0 Å². The van der Waals surface area contributed by atoms with Crippen molar-refractivity contribution in [3.8, 4) is 11.5 Å². The summed E-state index contributed by atoms with van der Waals surface area (Å²) in [6.07, 6.45) is 4.28. The molecule has 0 N–H and O–H groups in total. The minimum atomic E-state index is 0.774. The molecule has 0 aliphatic heterocycles. The minimum absolute atomic E-state index is 0.774. The summed E-state index contributed by atoms with van der Waals surface area (Å²) in [7, 11) is 1.73. The zero-order chi connectivity index (χ0) is 20.1. The Kier molecular flexibility index (Phi) is 6.00. The number of rotatable bonds is 7. The third-order valence-electron chi connectivity index (χ3n) is 5.56. The van der Waals surface area contributed by atoms with E-state index >= 15 is 0 Å². The third kappa shape index (κ3) is 4.22. The largest absolute Gasteiger partial charge is 0.497 e. The average molecular weight is 385 g/mol. The van der Waals surface area contributed by atoms with Crippen LogP contribution in [0.3, 0.4) is 0 Å². The highest BCUT2D eigenvalue weighted by molar-refractivity contribution is 6.00. The van der Waals surface area contributed by atoms with Crippen molar-refractivity contribution in [3.63, 3.8) is 0 Å². The van der Waals surface area contributed by atoms with Gasteiger partial charge in [-0.1, -0.05) is 61.9 Å². The van der Waals surface area contributed by atoms with Crippen LogP contribution in [0.4, 0.5) is 0 Å². The number of aryl methyl sites for hydroxylation is 1. The molecule has 0 aromatic heterocycles. The smallest absolute Gasteiger partial charge is 0.119 e. The second kappa shape index (κ2) is 9.00. The van der Waals surface area contributed by atoms with E-state index in [-0.39, 0.29) is 0 Å². The molecular formula is C27H28O2. The van der Waals surface area contributed by atoms with Crippen LogP contribution in [-0.4, -0.2) is 13.7 Å². The molecule has 4 rings (SSSR count). The van der Waals surface area contributed by atoms with Gasteiger partial charge < -0.3 is 9.47 Å². The Bertz CT molecular complexity index is 985. The SMILES string of the molecule is CCCCOc1ccc(C2=C(c3ccccc3)CCc3cc(OC)ccc32)cc1. The first-order chi connectivity index (χ1) is 14.3. The van der Waals surface area contributed by atoms with E-state index in [0.717, 1.165) is 43.8 Å². The van der Waals surface area contributed by atoms with Crippen molar-refractivity contribution in [2.24, 2.45) is 0 Å². The van der Waals surface area contributed by atoms with Gasteiger partial charge in [0.2, 0.25) is 0 Å².